The molecule has 0 aliphatic heterocycles. The van der Waals surface area contributed by atoms with E-state index in [0.29, 0.717) is 12.3 Å². The molecule has 0 amide bonds. The van der Waals surface area contributed by atoms with Crippen LogP contribution in [0, 0.1) is 5.92 Å². The molecule has 0 aliphatic rings. The van der Waals surface area contributed by atoms with Gasteiger partial charge < -0.3 is 5.73 Å². The molecule has 0 fully saturated rings. The van der Waals surface area contributed by atoms with Crippen LogP contribution in [0.3, 0.4) is 0 Å². The maximum absolute atomic E-state index is 11.3. The van der Waals surface area contributed by atoms with Crippen LogP contribution in [0.2, 0.25) is 0 Å². The van der Waals surface area contributed by atoms with Crippen molar-refractivity contribution in [2.45, 2.75) is 52.5 Å². The highest BCUT2D eigenvalue weighted by atomic mass is 16.1. The van der Waals surface area contributed by atoms with E-state index in [2.05, 4.69) is 20.8 Å². The summed E-state index contributed by atoms with van der Waals surface area (Å²) in [5.41, 5.74) is 5.66. The van der Waals surface area contributed by atoms with Crippen LogP contribution in [0.25, 0.3) is 0 Å². The predicted octanol–water partition coefficient (Wildman–Crippen LogP) is 2.12. The van der Waals surface area contributed by atoms with Crippen LogP contribution < -0.4 is 5.73 Å². The van der Waals surface area contributed by atoms with Gasteiger partial charge >= 0.3 is 0 Å². The zero-order chi connectivity index (χ0) is 9.56. The minimum atomic E-state index is -0.214. The standard InChI is InChI=1S/C10H21NO/c1-4-5-9(11)10(12)7-6-8(2)3/h8-9H,4-7,11H2,1-3H3. The van der Waals surface area contributed by atoms with Crippen molar-refractivity contribution in [3.05, 3.63) is 0 Å². The van der Waals surface area contributed by atoms with Gasteiger partial charge in [-0.3, -0.25) is 4.79 Å². The summed E-state index contributed by atoms with van der Waals surface area (Å²) < 4.78 is 0. The number of hydrogen-bond acceptors (Lipinski definition) is 2. The first-order valence-electron chi connectivity index (χ1n) is 4.86. The van der Waals surface area contributed by atoms with E-state index in [4.69, 9.17) is 5.73 Å². The molecule has 1 unspecified atom stereocenters. The lowest BCUT2D eigenvalue weighted by atomic mass is 10.00. The number of ketones is 1. The van der Waals surface area contributed by atoms with Crippen molar-refractivity contribution < 1.29 is 4.79 Å². The molecule has 2 nitrogen and oxygen atoms in total. The minimum Gasteiger partial charge on any atom is -0.322 e. The van der Waals surface area contributed by atoms with E-state index in [1.165, 1.54) is 0 Å². The van der Waals surface area contributed by atoms with Gasteiger partial charge in [0.05, 0.1) is 6.04 Å². The van der Waals surface area contributed by atoms with Crippen molar-refractivity contribution in [1.82, 2.24) is 0 Å². The second-order valence-electron chi connectivity index (χ2n) is 3.79. The highest BCUT2D eigenvalue weighted by Gasteiger charge is 2.11. The fraction of sp³-hybridized carbons (Fsp3) is 0.900. The Morgan fingerprint density at radius 1 is 1.33 bits per heavy atom. The largest absolute Gasteiger partial charge is 0.322 e. The second-order valence-corrected chi connectivity index (χ2v) is 3.79. The summed E-state index contributed by atoms with van der Waals surface area (Å²) in [6.45, 7) is 6.30. The van der Waals surface area contributed by atoms with E-state index in [1.54, 1.807) is 0 Å². The molecule has 0 aromatic heterocycles. The first kappa shape index (κ1) is 11.6. The van der Waals surface area contributed by atoms with E-state index in [0.717, 1.165) is 19.3 Å². The van der Waals surface area contributed by atoms with Gasteiger partial charge in [-0.2, -0.15) is 0 Å². The summed E-state index contributed by atoms with van der Waals surface area (Å²) in [6, 6.07) is -0.214. The molecule has 0 spiro atoms. The lowest BCUT2D eigenvalue weighted by Gasteiger charge is -2.09. The molecule has 0 bridgehead atoms. The molecule has 0 heterocycles. The quantitative estimate of drug-likeness (QED) is 0.665. The average Bonchev–Trinajstić information content (AvgIpc) is 2.00. The highest BCUT2D eigenvalue weighted by Crippen LogP contribution is 2.06. The molecular weight excluding hydrogens is 150 g/mol. The molecule has 0 rings (SSSR count). The molecule has 0 saturated carbocycles. The van der Waals surface area contributed by atoms with Crippen LogP contribution in [0.5, 0.6) is 0 Å². The fourth-order valence-corrected chi connectivity index (χ4v) is 1.09. The Morgan fingerprint density at radius 3 is 2.33 bits per heavy atom. The molecule has 2 N–H and O–H groups in total. The summed E-state index contributed by atoms with van der Waals surface area (Å²) in [5, 5.41) is 0. The number of carbonyl (C=O) groups excluding carboxylic acids is 1. The van der Waals surface area contributed by atoms with Crippen molar-refractivity contribution in [2.24, 2.45) is 11.7 Å². The Labute approximate surface area is 75.5 Å². The third kappa shape index (κ3) is 5.30. The second kappa shape index (κ2) is 6.18. The van der Waals surface area contributed by atoms with E-state index in [1.807, 2.05) is 0 Å². The van der Waals surface area contributed by atoms with E-state index < -0.39 is 0 Å². The summed E-state index contributed by atoms with van der Waals surface area (Å²) in [4.78, 5) is 11.3. The molecule has 72 valence electrons. The van der Waals surface area contributed by atoms with Crippen molar-refractivity contribution in [3.8, 4) is 0 Å². The normalized spacial score (nSPS) is 13.4. The van der Waals surface area contributed by atoms with E-state index >= 15 is 0 Å². The first-order chi connectivity index (χ1) is 5.57. The molecule has 1 atom stereocenters. The lowest BCUT2D eigenvalue weighted by Crippen LogP contribution is -2.30. The Balaban J connectivity index is 3.57. The fourth-order valence-electron chi connectivity index (χ4n) is 1.09. The van der Waals surface area contributed by atoms with Crippen LogP contribution >= 0.6 is 0 Å². The van der Waals surface area contributed by atoms with Crippen molar-refractivity contribution in [3.63, 3.8) is 0 Å². The highest BCUT2D eigenvalue weighted by molar-refractivity contribution is 5.83. The van der Waals surface area contributed by atoms with Gasteiger partial charge in [-0.15, -0.1) is 0 Å². The predicted molar refractivity (Wildman–Crippen MR) is 52.0 cm³/mol. The lowest BCUT2D eigenvalue weighted by molar-refractivity contribution is -0.120. The van der Waals surface area contributed by atoms with Gasteiger partial charge in [0.25, 0.3) is 0 Å². The average molecular weight is 171 g/mol. The number of Topliss-reactive ketones (excluding diaryl/α,β-unsaturated/α-hetero) is 1. The molecular formula is C10H21NO. The number of carbonyl (C=O) groups is 1. The van der Waals surface area contributed by atoms with Gasteiger partial charge in [-0.05, 0) is 18.8 Å². The van der Waals surface area contributed by atoms with Crippen LogP contribution in [0.1, 0.15) is 46.5 Å². The van der Waals surface area contributed by atoms with E-state index in [9.17, 15) is 4.79 Å². The van der Waals surface area contributed by atoms with Crippen LogP contribution in [-0.4, -0.2) is 11.8 Å². The van der Waals surface area contributed by atoms with Gasteiger partial charge in [0.1, 0.15) is 5.78 Å². The third-order valence-corrected chi connectivity index (χ3v) is 1.98. The van der Waals surface area contributed by atoms with Crippen molar-refractivity contribution in [1.29, 1.82) is 0 Å². The zero-order valence-electron chi connectivity index (χ0n) is 8.47. The molecule has 12 heavy (non-hydrogen) atoms. The molecule has 2 heteroatoms. The topological polar surface area (TPSA) is 43.1 Å². The Kier molecular flexibility index (Phi) is 5.99. The number of rotatable bonds is 6. The Hall–Kier alpha value is -0.370. The van der Waals surface area contributed by atoms with Gasteiger partial charge in [0.15, 0.2) is 0 Å². The van der Waals surface area contributed by atoms with Gasteiger partial charge in [-0.1, -0.05) is 27.2 Å². The van der Waals surface area contributed by atoms with Crippen molar-refractivity contribution in [2.75, 3.05) is 0 Å². The molecule has 0 saturated heterocycles. The first-order valence-corrected chi connectivity index (χ1v) is 4.86. The zero-order valence-corrected chi connectivity index (χ0v) is 8.47. The summed E-state index contributed by atoms with van der Waals surface area (Å²) in [7, 11) is 0. The van der Waals surface area contributed by atoms with Crippen LogP contribution in [0.4, 0.5) is 0 Å². The molecule has 0 aromatic rings. The smallest absolute Gasteiger partial charge is 0.149 e. The molecule has 0 aromatic carbocycles. The minimum absolute atomic E-state index is 0.214. The number of nitrogens with two attached hydrogens (primary N) is 1. The van der Waals surface area contributed by atoms with Gasteiger partial charge in [0, 0.05) is 6.42 Å². The maximum Gasteiger partial charge on any atom is 0.149 e. The molecule has 0 radical (unpaired) electrons. The monoisotopic (exact) mass is 171 g/mol. The van der Waals surface area contributed by atoms with Crippen LogP contribution in [-0.2, 0) is 4.79 Å². The SMILES string of the molecule is CCCC(N)C(=O)CCC(C)C. The van der Waals surface area contributed by atoms with E-state index in [-0.39, 0.29) is 11.8 Å². The maximum atomic E-state index is 11.3. The van der Waals surface area contributed by atoms with Gasteiger partial charge in [-0.25, -0.2) is 0 Å². The molecule has 0 aliphatic carbocycles. The third-order valence-electron chi connectivity index (χ3n) is 1.98. The Morgan fingerprint density at radius 2 is 1.92 bits per heavy atom. The summed E-state index contributed by atoms with van der Waals surface area (Å²) in [5.74, 6) is 0.827. The summed E-state index contributed by atoms with van der Waals surface area (Å²) >= 11 is 0. The summed E-state index contributed by atoms with van der Waals surface area (Å²) in [6.07, 6.45) is 3.45. The number of hydrogen-bond donors (Lipinski definition) is 1. The Bertz CT molecular complexity index is 132. The van der Waals surface area contributed by atoms with Crippen molar-refractivity contribution >= 4 is 5.78 Å². The van der Waals surface area contributed by atoms with Gasteiger partial charge in [0.2, 0.25) is 0 Å². The van der Waals surface area contributed by atoms with Crippen LogP contribution in [0.15, 0.2) is 0 Å².